The second-order valence-electron chi connectivity index (χ2n) is 4.33. The van der Waals surface area contributed by atoms with Crippen molar-refractivity contribution in [3.63, 3.8) is 0 Å². The zero-order valence-corrected chi connectivity index (χ0v) is 11.0. The molecule has 2 nitrogen and oxygen atoms in total. The van der Waals surface area contributed by atoms with Gasteiger partial charge in [0, 0.05) is 6.54 Å². The van der Waals surface area contributed by atoms with E-state index in [1.54, 1.807) is 18.2 Å². The molecule has 0 aliphatic carbocycles. The van der Waals surface area contributed by atoms with Crippen LogP contribution in [0.15, 0.2) is 42.5 Å². The lowest BCUT2D eigenvalue weighted by Crippen LogP contribution is -2.18. The van der Waals surface area contributed by atoms with Gasteiger partial charge in [-0.2, -0.15) is 5.26 Å². The molecule has 0 aliphatic heterocycles. The van der Waals surface area contributed by atoms with Gasteiger partial charge in [0.25, 0.3) is 0 Å². The van der Waals surface area contributed by atoms with E-state index < -0.39 is 0 Å². The Bertz CT molecular complexity index is 629. The molecule has 19 heavy (non-hydrogen) atoms. The molecule has 0 spiro atoms. The zero-order chi connectivity index (χ0) is 13.8. The second-order valence-corrected chi connectivity index (χ2v) is 4.33. The number of benzene rings is 2. The molecule has 0 amide bonds. The summed E-state index contributed by atoms with van der Waals surface area (Å²) in [7, 11) is 0. The Kier molecular flexibility index (Phi) is 3.82. The van der Waals surface area contributed by atoms with Crippen LogP contribution in [0.5, 0.6) is 0 Å². The fourth-order valence-corrected chi connectivity index (χ4v) is 2.12. The van der Waals surface area contributed by atoms with E-state index in [1.807, 2.05) is 36.9 Å². The van der Waals surface area contributed by atoms with Gasteiger partial charge >= 0.3 is 0 Å². The molecule has 96 valence electrons. The van der Waals surface area contributed by atoms with E-state index >= 15 is 0 Å². The van der Waals surface area contributed by atoms with Crippen molar-refractivity contribution >= 4 is 11.4 Å². The van der Waals surface area contributed by atoms with Crippen molar-refractivity contribution < 1.29 is 4.39 Å². The minimum Gasteiger partial charge on any atom is -0.338 e. The van der Waals surface area contributed by atoms with Crippen LogP contribution < -0.4 is 4.90 Å². The second kappa shape index (κ2) is 5.53. The first-order valence-corrected chi connectivity index (χ1v) is 6.20. The van der Waals surface area contributed by atoms with Gasteiger partial charge in [0.05, 0.1) is 16.9 Å². The van der Waals surface area contributed by atoms with Crippen molar-refractivity contribution in [2.45, 2.75) is 13.8 Å². The van der Waals surface area contributed by atoms with Crippen LogP contribution in [0.1, 0.15) is 18.1 Å². The van der Waals surface area contributed by atoms with Crippen molar-refractivity contribution in [2.75, 3.05) is 11.4 Å². The predicted octanol–water partition coefficient (Wildman–Crippen LogP) is 4.16. The van der Waals surface area contributed by atoms with Crippen LogP contribution in [0.2, 0.25) is 0 Å². The molecule has 2 aromatic rings. The molecule has 0 aliphatic rings. The molecule has 0 radical (unpaired) electrons. The number of rotatable bonds is 3. The smallest absolute Gasteiger partial charge is 0.146 e. The third kappa shape index (κ3) is 2.58. The van der Waals surface area contributed by atoms with Crippen molar-refractivity contribution in [3.05, 3.63) is 59.4 Å². The number of para-hydroxylation sites is 1. The largest absolute Gasteiger partial charge is 0.338 e. The molecule has 0 bridgehead atoms. The van der Waals surface area contributed by atoms with E-state index in [1.165, 1.54) is 6.07 Å². The molecule has 2 rings (SSSR count). The van der Waals surface area contributed by atoms with Crippen molar-refractivity contribution in [1.29, 1.82) is 5.26 Å². The maximum atomic E-state index is 13.9. The number of nitrogens with zero attached hydrogens (tertiary/aromatic N) is 2. The fourth-order valence-electron chi connectivity index (χ4n) is 2.12. The molecule has 0 aromatic heterocycles. The van der Waals surface area contributed by atoms with E-state index in [4.69, 9.17) is 0 Å². The summed E-state index contributed by atoms with van der Waals surface area (Å²) in [5, 5.41) is 9.23. The maximum Gasteiger partial charge on any atom is 0.146 e. The number of anilines is 2. The Labute approximate surface area is 112 Å². The molecule has 0 heterocycles. The number of hydrogen-bond acceptors (Lipinski definition) is 2. The van der Waals surface area contributed by atoms with Crippen LogP contribution >= 0.6 is 0 Å². The Morgan fingerprint density at radius 3 is 2.53 bits per heavy atom. The van der Waals surface area contributed by atoms with Gasteiger partial charge in [-0.25, -0.2) is 4.39 Å². The van der Waals surface area contributed by atoms with Gasteiger partial charge in [-0.15, -0.1) is 0 Å². The first kappa shape index (κ1) is 13.1. The highest BCUT2D eigenvalue weighted by molar-refractivity contribution is 5.70. The minimum atomic E-state index is -0.284. The van der Waals surface area contributed by atoms with Crippen LogP contribution in [-0.2, 0) is 0 Å². The Morgan fingerprint density at radius 2 is 1.89 bits per heavy atom. The van der Waals surface area contributed by atoms with Gasteiger partial charge in [-0.3, -0.25) is 0 Å². The van der Waals surface area contributed by atoms with E-state index in [0.717, 1.165) is 11.3 Å². The summed E-state index contributed by atoms with van der Waals surface area (Å²) in [6.07, 6.45) is 0. The van der Waals surface area contributed by atoms with Gasteiger partial charge < -0.3 is 4.90 Å². The summed E-state index contributed by atoms with van der Waals surface area (Å²) in [5.74, 6) is -0.284. The summed E-state index contributed by atoms with van der Waals surface area (Å²) in [6, 6.07) is 14.4. The first-order chi connectivity index (χ1) is 9.17. The lowest BCUT2D eigenvalue weighted by atomic mass is 10.1. The summed E-state index contributed by atoms with van der Waals surface area (Å²) in [4.78, 5) is 1.81. The standard InChI is InChI=1S/C16H15FN2/c1-3-19(16-7-5-4-6-14(16)17)15-9-8-12(2)10-13(15)11-18/h4-10H,3H2,1-2H3. The Hall–Kier alpha value is -2.34. The van der Waals surface area contributed by atoms with Gasteiger partial charge in [0.1, 0.15) is 11.9 Å². The average molecular weight is 254 g/mol. The summed E-state index contributed by atoms with van der Waals surface area (Å²) in [6.45, 7) is 4.47. The normalized spacial score (nSPS) is 10.0. The van der Waals surface area contributed by atoms with Crippen LogP contribution in [0.3, 0.4) is 0 Å². The third-order valence-corrected chi connectivity index (χ3v) is 3.02. The predicted molar refractivity (Wildman–Crippen MR) is 75.0 cm³/mol. The van der Waals surface area contributed by atoms with E-state index in [2.05, 4.69) is 6.07 Å². The molecule has 3 heteroatoms. The van der Waals surface area contributed by atoms with Crippen LogP contribution in [0, 0.1) is 24.1 Å². The summed E-state index contributed by atoms with van der Waals surface area (Å²) < 4.78 is 13.9. The molecule has 0 unspecified atom stereocenters. The topological polar surface area (TPSA) is 27.0 Å². The summed E-state index contributed by atoms with van der Waals surface area (Å²) in [5.41, 5.74) is 2.81. The monoisotopic (exact) mass is 254 g/mol. The Morgan fingerprint density at radius 1 is 1.16 bits per heavy atom. The number of halogens is 1. The minimum absolute atomic E-state index is 0.284. The van der Waals surface area contributed by atoms with Crippen LogP contribution in [0.4, 0.5) is 15.8 Å². The van der Waals surface area contributed by atoms with Crippen molar-refractivity contribution in [3.8, 4) is 6.07 Å². The van der Waals surface area contributed by atoms with Crippen molar-refractivity contribution in [1.82, 2.24) is 0 Å². The number of aryl methyl sites for hydroxylation is 1. The van der Waals surface area contributed by atoms with E-state index in [9.17, 15) is 9.65 Å². The molecule has 0 fully saturated rings. The van der Waals surface area contributed by atoms with Gasteiger partial charge in [-0.1, -0.05) is 18.2 Å². The van der Waals surface area contributed by atoms with E-state index in [0.29, 0.717) is 17.8 Å². The maximum absolute atomic E-state index is 13.9. The molecule has 0 saturated heterocycles. The first-order valence-electron chi connectivity index (χ1n) is 6.20. The highest BCUT2D eigenvalue weighted by Crippen LogP contribution is 2.30. The number of nitriles is 1. The lowest BCUT2D eigenvalue weighted by molar-refractivity contribution is 0.625. The molecular formula is C16H15FN2. The molecule has 2 aromatic carbocycles. The van der Waals surface area contributed by atoms with Gasteiger partial charge in [-0.05, 0) is 43.7 Å². The third-order valence-electron chi connectivity index (χ3n) is 3.02. The lowest BCUT2D eigenvalue weighted by Gasteiger charge is -2.24. The zero-order valence-electron chi connectivity index (χ0n) is 11.0. The van der Waals surface area contributed by atoms with Crippen LogP contribution in [0.25, 0.3) is 0 Å². The SMILES string of the molecule is CCN(c1ccccc1F)c1ccc(C)cc1C#N. The quantitative estimate of drug-likeness (QED) is 0.822. The fraction of sp³-hybridized carbons (Fsp3) is 0.188. The molecule has 0 saturated carbocycles. The van der Waals surface area contributed by atoms with Crippen molar-refractivity contribution in [2.24, 2.45) is 0 Å². The van der Waals surface area contributed by atoms with E-state index in [-0.39, 0.29) is 5.82 Å². The highest BCUT2D eigenvalue weighted by atomic mass is 19.1. The number of hydrogen-bond donors (Lipinski definition) is 0. The molecular weight excluding hydrogens is 239 g/mol. The average Bonchev–Trinajstić information content (AvgIpc) is 2.43. The molecule has 0 atom stereocenters. The summed E-state index contributed by atoms with van der Waals surface area (Å²) >= 11 is 0. The highest BCUT2D eigenvalue weighted by Gasteiger charge is 2.14. The molecule has 0 N–H and O–H groups in total. The van der Waals surface area contributed by atoms with Gasteiger partial charge in [0.15, 0.2) is 0 Å². The van der Waals surface area contributed by atoms with Gasteiger partial charge in [0.2, 0.25) is 0 Å². The Balaban J connectivity index is 2.55. The van der Waals surface area contributed by atoms with Crippen LogP contribution in [-0.4, -0.2) is 6.54 Å².